The van der Waals surface area contributed by atoms with Gasteiger partial charge in [0.05, 0.1) is 19.1 Å². The molecule has 11 nitrogen and oxygen atoms in total. The Morgan fingerprint density at radius 2 is 1.63 bits per heavy atom. The number of benzene rings is 2. The van der Waals surface area contributed by atoms with Crippen molar-refractivity contribution in [1.82, 2.24) is 19.4 Å². The number of hydrogen-bond donors (Lipinski definition) is 1. The Morgan fingerprint density at radius 1 is 0.974 bits per heavy atom. The molecule has 2 fully saturated rings. The van der Waals surface area contributed by atoms with E-state index in [0.29, 0.717) is 10.6 Å². The van der Waals surface area contributed by atoms with Crippen molar-refractivity contribution in [1.29, 1.82) is 0 Å². The van der Waals surface area contributed by atoms with E-state index in [4.69, 9.17) is 9.47 Å². The maximum absolute atomic E-state index is 13.7. The van der Waals surface area contributed by atoms with Gasteiger partial charge in [0.1, 0.15) is 12.1 Å². The van der Waals surface area contributed by atoms with Crippen LogP contribution < -0.4 is 14.8 Å². The minimum absolute atomic E-state index is 0.00483. The molecule has 2 aliphatic heterocycles. The summed E-state index contributed by atoms with van der Waals surface area (Å²) in [7, 11) is -1.06. The van der Waals surface area contributed by atoms with Crippen molar-refractivity contribution in [3.63, 3.8) is 0 Å². The third-order valence-corrected chi connectivity index (χ3v) is 8.54. The van der Waals surface area contributed by atoms with Gasteiger partial charge in [0.2, 0.25) is 15.9 Å². The highest BCUT2D eigenvalue weighted by molar-refractivity contribution is 7.89. The van der Waals surface area contributed by atoms with Gasteiger partial charge in [0.15, 0.2) is 23.1 Å². The van der Waals surface area contributed by atoms with E-state index in [0.717, 1.165) is 12.1 Å². The van der Waals surface area contributed by atoms with E-state index in [-0.39, 0.29) is 42.4 Å². The Morgan fingerprint density at radius 3 is 2.24 bits per heavy atom. The van der Waals surface area contributed by atoms with Crippen molar-refractivity contribution in [3.8, 4) is 11.5 Å². The van der Waals surface area contributed by atoms with Gasteiger partial charge in [0.25, 0.3) is 5.91 Å². The van der Waals surface area contributed by atoms with Crippen LogP contribution >= 0.6 is 0 Å². The smallest absolute Gasteiger partial charge is 0.325 e. The van der Waals surface area contributed by atoms with Crippen molar-refractivity contribution >= 4 is 27.9 Å². The molecule has 1 atom stereocenters. The third-order valence-electron chi connectivity index (χ3n) is 6.65. The average Bonchev–Trinajstić information content (AvgIpc) is 3.13. The highest BCUT2D eigenvalue weighted by atomic mass is 32.2. The van der Waals surface area contributed by atoms with Gasteiger partial charge >= 0.3 is 6.03 Å². The fraction of sp³-hybridized carbons (Fsp3) is 0.375. The summed E-state index contributed by atoms with van der Waals surface area (Å²) in [5, 5.41) is 2.43. The highest BCUT2D eigenvalue weighted by Crippen LogP contribution is 2.32. The van der Waals surface area contributed by atoms with Crippen molar-refractivity contribution in [2.45, 2.75) is 17.4 Å². The minimum Gasteiger partial charge on any atom is -0.493 e. The zero-order valence-electron chi connectivity index (χ0n) is 20.9. The second kappa shape index (κ2) is 10.2. The quantitative estimate of drug-likeness (QED) is 0.513. The summed E-state index contributed by atoms with van der Waals surface area (Å²) < 4.78 is 64.9. The Balaban J connectivity index is 1.41. The third kappa shape index (κ3) is 4.76. The molecule has 0 radical (unpaired) electrons. The molecule has 0 aliphatic carbocycles. The van der Waals surface area contributed by atoms with Crippen molar-refractivity contribution in [2.75, 3.05) is 46.9 Å². The van der Waals surface area contributed by atoms with Crippen LogP contribution in [0.3, 0.4) is 0 Å². The first-order valence-electron chi connectivity index (χ1n) is 11.5. The van der Waals surface area contributed by atoms with Crippen LogP contribution in [0.1, 0.15) is 12.5 Å². The fourth-order valence-electron chi connectivity index (χ4n) is 4.38. The molecule has 4 rings (SSSR count). The predicted molar refractivity (Wildman–Crippen MR) is 129 cm³/mol. The fourth-order valence-corrected chi connectivity index (χ4v) is 5.82. The number of carbonyl (C=O) groups is 3. The lowest BCUT2D eigenvalue weighted by Crippen LogP contribution is -2.53. The average molecular weight is 553 g/mol. The SMILES string of the molecule is COc1ccc(S(=O)(=O)N2CCN(C(=O)CN3C(=O)NC(C)(c4ccc(F)c(F)c4)C3=O)CC2)cc1OC. The number of rotatable bonds is 7. The largest absolute Gasteiger partial charge is 0.493 e. The van der Waals surface area contributed by atoms with E-state index >= 15 is 0 Å². The van der Waals surface area contributed by atoms with Gasteiger partial charge in [-0.15, -0.1) is 0 Å². The number of halogens is 2. The maximum Gasteiger partial charge on any atom is 0.325 e. The number of urea groups is 1. The van der Waals surface area contributed by atoms with Crippen LogP contribution in [0.5, 0.6) is 11.5 Å². The number of carbonyl (C=O) groups excluding carboxylic acids is 3. The van der Waals surface area contributed by atoms with E-state index in [1.165, 1.54) is 54.6 Å². The van der Waals surface area contributed by atoms with Crippen LogP contribution in [0.2, 0.25) is 0 Å². The second-order valence-electron chi connectivity index (χ2n) is 8.88. The van der Waals surface area contributed by atoms with Crippen LogP contribution in [-0.2, 0) is 25.2 Å². The first-order chi connectivity index (χ1) is 17.9. The number of ether oxygens (including phenoxy) is 2. The summed E-state index contributed by atoms with van der Waals surface area (Å²) in [6.07, 6.45) is 0. The first-order valence-corrected chi connectivity index (χ1v) is 13.0. The Labute approximate surface area is 217 Å². The van der Waals surface area contributed by atoms with Crippen LogP contribution in [0.4, 0.5) is 13.6 Å². The molecular formula is C24H26F2N4O7S. The zero-order valence-corrected chi connectivity index (χ0v) is 21.7. The van der Waals surface area contributed by atoms with E-state index in [1.807, 2.05) is 0 Å². The molecule has 2 aromatic rings. The van der Waals surface area contributed by atoms with Gasteiger partial charge in [-0.2, -0.15) is 4.31 Å². The Hall–Kier alpha value is -3.78. The van der Waals surface area contributed by atoms with Crippen LogP contribution in [0.15, 0.2) is 41.3 Å². The van der Waals surface area contributed by atoms with Crippen molar-refractivity contribution in [3.05, 3.63) is 53.6 Å². The summed E-state index contributed by atoms with van der Waals surface area (Å²) in [6, 6.07) is 6.22. The van der Waals surface area contributed by atoms with Crippen LogP contribution in [0.25, 0.3) is 0 Å². The summed E-state index contributed by atoms with van der Waals surface area (Å²) in [5.41, 5.74) is -1.66. The number of imide groups is 1. The minimum atomic E-state index is -3.89. The standard InChI is InChI=1S/C24H26F2N4O7S/c1-24(15-4-6-17(25)18(26)12-15)22(32)30(23(33)27-24)14-21(31)28-8-10-29(11-9-28)38(34,35)16-5-7-19(36-2)20(13-16)37-3/h4-7,12-13H,8-11,14H2,1-3H3,(H,27,33). The van der Waals surface area contributed by atoms with Gasteiger partial charge in [-0.3, -0.25) is 14.5 Å². The summed E-state index contributed by atoms with van der Waals surface area (Å²) in [5.74, 6) is -3.01. The summed E-state index contributed by atoms with van der Waals surface area (Å²) in [6.45, 7) is 0.809. The second-order valence-corrected chi connectivity index (χ2v) is 10.8. The Kier molecular flexibility index (Phi) is 7.30. The normalized spacial score (nSPS) is 20.4. The van der Waals surface area contributed by atoms with E-state index in [9.17, 15) is 31.6 Å². The summed E-state index contributed by atoms with van der Waals surface area (Å²) >= 11 is 0. The molecule has 0 spiro atoms. The maximum atomic E-state index is 13.7. The first kappa shape index (κ1) is 27.3. The molecule has 1 N–H and O–H groups in total. The molecule has 0 aromatic heterocycles. The lowest BCUT2D eigenvalue weighted by Gasteiger charge is -2.34. The molecular weight excluding hydrogens is 526 g/mol. The van der Waals surface area contributed by atoms with Gasteiger partial charge < -0.3 is 19.7 Å². The van der Waals surface area contributed by atoms with Gasteiger partial charge in [-0.1, -0.05) is 6.07 Å². The van der Waals surface area contributed by atoms with Gasteiger partial charge in [-0.25, -0.2) is 22.0 Å². The number of hydrogen-bond acceptors (Lipinski definition) is 7. The molecule has 2 saturated heterocycles. The topological polar surface area (TPSA) is 126 Å². The number of nitrogens with zero attached hydrogens (tertiary/aromatic N) is 3. The highest BCUT2D eigenvalue weighted by Gasteiger charge is 2.50. The molecule has 204 valence electrons. The monoisotopic (exact) mass is 552 g/mol. The molecule has 0 bridgehead atoms. The number of nitrogens with one attached hydrogen (secondary N) is 1. The molecule has 14 heteroatoms. The van der Waals surface area contributed by atoms with E-state index in [2.05, 4.69) is 5.32 Å². The molecule has 2 aromatic carbocycles. The van der Waals surface area contributed by atoms with Gasteiger partial charge in [-0.05, 0) is 36.8 Å². The predicted octanol–water partition coefficient (Wildman–Crippen LogP) is 1.28. The van der Waals surface area contributed by atoms with Gasteiger partial charge in [0, 0.05) is 32.2 Å². The number of sulfonamides is 1. The number of methoxy groups -OCH3 is 2. The molecule has 0 saturated carbocycles. The molecule has 2 heterocycles. The molecule has 4 amide bonds. The molecule has 1 unspecified atom stereocenters. The lowest BCUT2D eigenvalue weighted by molar-refractivity contribution is -0.139. The molecule has 38 heavy (non-hydrogen) atoms. The van der Waals surface area contributed by atoms with Crippen molar-refractivity contribution in [2.24, 2.45) is 0 Å². The van der Waals surface area contributed by atoms with Crippen LogP contribution in [-0.4, -0.2) is 87.3 Å². The van der Waals surface area contributed by atoms with E-state index < -0.39 is 51.6 Å². The summed E-state index contributed by atoms with van der Waals surface area (Å²) in [4.78, 5) is 40.6. The van der Waals surface area contributed by atoms with Crippen LogP contribution in [0, 0.1) is 11.6 Å². The number of amides is 4. The van der Waals surface area contributed by atoms with E-state index in [1.54, 1.807) is 0 Å². The number of piperazine rings is 1. The lowest BCUT2D eigenvalue weighted by atomic mass is 9.92. The van der Waals surface area contributed by atoms with Crippen molar-refractivity contribution < 1.29 is 41.1 Å². The molecule has 2 aliphatic rings. The zero-order chi connectivity index (χ0) is 27.8. The Bertz CT molecular complexity index is 1400.